The van der Waals surface area contributed by atoms with Crippen molar-refractivity contribution >= 4 is 23.1 Å². The Balaban J connectivity index is 0. The van der Waals surface area contributed by atoms with Gasteiger partial charge in [0.15, 0.2) is 0 Å². The van der Waals surface area contributed by atoms with Gasteiger partial charge in [0.1, 0.15) is 0 Å². The highest BCUT2D eigenvalue weighted by atomic mass is 24.3. The predicted molar refractivity (Wildman–Crippen MR) is 27.8 cm³/mol. The molecule has 0 aromatic rings. The van der Waals surface area contributed by atoms with E-state index < -0.39 is 0 Å². The van der Waals surface area contributed by atoms with E-state index in [1.807, 2.05) is 0 Å². The second-order valence-corrected chi connectivity index (χ2v) is 0.524. The molecule has 5 heavy (non-hydrogen) atoms. The SMILES string of the molecule is C=CCN.[MgH2]. The van der Waals surface area contributed by atoms with Gasteiger partial charge in [-0.3, -0.25) is 0 Å². The van der Waals surface area contributed by atoms with Crippen molar-refractivity contribution in [3.05, 3.63) is 12.7 Å². The second-order valence-electron chi connectivity index (χ2n) is 0.524. The lowest BCUT2D eigenvalue weighted by Gasteiger charge is -1.61. The second kappa shape index (κ2) is 8.82. The molecule has 2 heteroatoms. The fraction of sp³-hybridized carbons (Fsp3) is 0.333. The summed E-state index contributed by atoms with van der Waals surface area (Å²) in [5, 5.41) is 0. The Morgan fingerprint density at radius 1 is 1.80 bits per heavy atom. The highest BCUT2D eigenvalue weighted by molar-refractivity contribution is 5.75. The molecule has 0 saturated heterocycles. The fourth-order valence-electron chi connectivity index (χ4n) is 0. The Morgan fingerprint density at radius 3 is 2.00 bits per heavy atom. The monoisotopic (exact) mass is 83.1 g/mol. The first-order chi connectivity index (χ1) is 1.91. The van der Waals surface area contributed by atoms with E-state index in [0.29, 0.717) is 6.54 Å². The van der Waals surface area contributed by atoms with E-state index in [0.717, 1.165) is 0 Å². The molecule has 0 saturated carbocycles. The molecule has 0 aliphatic rings. The zero-order valence-electron chi connectivity index (χ0n) is 2.57. The van der Waals surface area contributed by atoms with Gasteiger partial charge in [-0.1, -0.05) is 6.08 Å². The minimum Gasteiger partial charge on any atom is -0.327 e. The molecule has 0 rings (SSSR count). The Labute approximate surface area is 48.4 Å². The van der Waals surface area contributed by atoms with Gasteiger partial charge in [0.25, 0.3) is 0 Å². The van der Waals surface area contributed by atoms with Gasteiger partial charge in [-0.05, 0) is 0 Å². The molecule has 0 aromatic heterocycles. The molecule has 0 fully saturated rings. The van der Waals surface area contributed by atoms with Crippen LogP contribution in [0.5, 0.6) is 0 Å². The summed E-state index contributed by atoms with van der Waals surface area (Å²) in [5.74, 6) is 0. The summed E-state index contributed by atoms with van der Waals surface area (Å²) in [6, 6.07) is 0. The zero-order valence-corrected chi connectivity index (χ0v) is 2.57. The third-order valence-electron chi connectivity index (χ3n) is 0.167. The molecule has 0 spiro atoms. The lowest BCUT2D eigenvalue weighted by Crippen LogP contribution is -1.90. The quantitative estimate of drug-likeness (QED) is 0.326. The lowest BCUT2D eigenvalue weighted by atomic mass is 10.7. The van der Waals surface area contributed by atoms with Crippen molar-refractivity contribution in [3.8, 4) is 0 Å². The van der Waals surface area contributed by atoms with Crippen molar-refractivity contribution in [2.75, 3.05) is 6.54 Å². The summed E-state index contributed by atoms with van der Waals surface area (Å²) in [5.41, 5.74) is 4.91. The van der Waals surface area contributed by atoms with E-state index in [1.54, 1.807) is 6.08 Å². The van der Waals surface area contributed by atoms with Crippen molar-refractivity contribution in [2.24, 2.45) is 5.73 Å². The maximum Gasteiger partial charge on any atom is 0.316 e. The number of nitrogens with two attached hydrogens (primary N) is 1. The first-order valence-electron chi connectivity index (χ1n) is 1.22. The molecular formula is C3H9MgN. The molecule has 0 bridgehead atoms. The van der Waals surface area contributed by atoms with Crippen molar-refractivity contribution in [1.29, 1.82) is 0 Å². The molecular weight excluding hydrogens is 74.3 g/mol. The van der Waals surface area contributed by atoms with Crippen LogP contribution >= 0.6 is 0 Å². The Bertz CT molecular complexity index is 20.9. The lowest BCUT2D eigenvalue weighted by molar-refractivity contribution is 1.26. The number of rotatable bonds is 1. The van der Waals surface area contributed by atoms with Crippen molar-refractivity contribution in [2.45, 2.75) is 0 Å². The smallest absolute Gasteiger partial charge is 0.316 e. The minimum absolute atomic E-state index is 0. The fourth-order valence-corrected chi connectivity index (χ4v) is 0. The summed E-state index contributed by atoms with van der Waals surface area (Å²) in [4.78, 5) is 0. The van der Waals surface area contributed by atoms with Gasteiger partial charge >= 0.3 is 23.1 Å². The summed E-state index contributed by atoms with van der Waals surface area (Å²) in [7, 11) is 0. The average Bonchev–Trinajstić information content (AvgIpc) is 1.37. The highest BCUT2D eigenvalue weighted by Gasteiger charge is 1.43. The summed E-state index contributed by atoms with van der Waals surface area (Å²) in [6.45, 7) is 3.94. The summed E-state index contributed by atoms with van der Waals surface area (Å²) < 4.78 is 0. The van der Waals surface area contributed by atoms with Gasteiger partial charge in [-0.15, -0.1) is 6.58 Å². The Kier molecular flexibility index (Phi) is 16.0. The third-order valence-corrected chi connectivity index (χ3v) is 0.167. The summed E-state index contributed by atoms with van der Waals surface area (Å²) >= 11 is 0. The number of hydrogen-bond acceptors (Lipinski definition) is 1. The van der Waals surface area contributed by atoms with Gasteiger partial charge in [-0.2, -0.15) is 0 Å². The van der Waals surface area contributed by atoms with Gasteiger partial charge in [0.2, 0.25) is 0 Å². The van der Waals surface area contributed by atoms with Crippen molar-refractivity contribution < 1.29 is 0 Å². The topological polar surface area (TPSA) is 26.0 Å². The molecule has 1 nitrogen and oxygen atoms in total. The predicted octanol–water partition coefficient (Wildman–Crippen LogP) is -0.785. The van der Waals surface area contributed by atoms with E-state index in [4.69, 9.17) is 5.73 Å². The zero-order chi connectivity index (χ0) is 3.41. The van der Waals surface area contributed by atoms with Gasteiger partial charge in [-0.25, -0.2) is 0 Å². The van der Waals surface area contributed by atoms with E-state index >= 15 is 0 Å². The molecule has 28 valence electrons. The summed E-state index contributed by atoms with van der Waals surface area (Å²) in [6.07, 6.45) is 1.65. The highest BCUT2D eigenvalue weighted by Crippen LogP contribution is 1.40. The Hall–Kier alpha value is 0.466. The number of hydrogen-bond donors (Lipinski definition) is 1. The first-order valence-corrected chi connectivity index (χ1v) is 1.22. The van der Waals surface area contributed by atoms with Crippen LogP contribution in [0.2, 0.25) is 0 Å². The standard InChI is InChI=1S/C3H7N.Mg.2H/c1-2-3-4;;;/h2H,1,3-4H2;;;. The van der Waals surface area contributed by atoms with Crippen LogP contribution in [0.3, 0.4) is 0 Å². The molecule has 0 aromatic carbocycles. The van der Waals surface area contributed by atoms with Crippen LogP contribution in [-0.4, -0.2) is 29.6 Å². The normalized spacial score (nSPS) is 5.00. The van der Waals surface area contributed by atoms with E-state index in [-0.39, 0.29) is 23.1 Å². The van der Waals surface area contributed by atoms with E-state index in [1.165, 1.54) is 0 Å². The minimum atomic E-state index is 0. The molecule has 0 radical (unpaired) electrons. The molecule has 0 aliphatic carbocycles. The maximum atomic E-state index is 4.91. The largest absolute Gasteiger partial charge is 0.327 e. The van der Waals surface area contributed by atoms with Crippen LogP contribution < -0.4 is 5.73 Å². The van der Waals surface area contributed by atoms with Crippen LogP contribution in [0.4, 0.5) is 0 Å². The Morgan fingerprint density at radius 2 is 2.00 bits per heavy atom. The molecule has 0 aliphatic heterocycles. The molecule has 2 N–H and O–H groups in total. The van der Waals surface area contributed by atoms with Crippen molar-refractivity contribution in [3.63, 3.8) is 0 Å². The molecule has 0 unspecified atom stereocenters. The van der Waals surface area contributed by atoms with Crippen LogP contribution in [0.25, 0.3) is 0 Å². The van der Waals surface area contributed by atoms with Crippen LogP contribution in [0, 0.1) is 0 Å². The van der Waals surface area contributed by atoms with E-state index in [2.05, 4.69) is 6.58 Å². The van der Waals surface area contributed by atoms with E-state index in [9.17, 15) is 0 Å². The van der Waals surface area contributed by atoms with Crippen LogP contribution in [0.15, 0.2) is 12.7 Å². The van der Waals surface area contributed by atoms with Crippen LogP contribution in [-0.2, 0) is 0 Å². The first kappa shape index (κ1) is 9.08. The third kappa shape index (κ3) is 12.6. The molecule has 0 amide bonds. The molecule has 0 atom stereocenters. The van der Waals surface area contributed by atoms with Gasteiger partial charge in [0.05, 0.1) is 0 Å². The van der Waals surface area contributed by atoms with Crippen LogP contribution in [0.1, 0.15) is 0 Å². The van der Waals surface area contributed by atoms with Gasteiger partial charge in [0, 0.05) is 6.54 Å². The van der Waals surface area contributed by atoms with Crippen molar-refractivity contribution in [1.82, 2.24) is 0 Å². The maximum absolute atomic E-state index is 4.91. The average molecular weight is 83.4 g/mol. The molecule has 0 heterocycles. The van der Waals surface area contributed by atoms with Gasteiger partial charge < -0.3 is 5.73 Å².